The number of aromatic nitrogens is 2. The van der Waals surface area contributed by atoms with E-state index in [1.165, 1.54) is 18.0 Å². The molecule has 0 fully saturated rings. The summed E-state index contributed by atoms with van der Waals surface area (Å²) in [6, 6.07) is 8.02. The standard InChI is InChI=1S/C17H18N4O3/c1-11(24-17(23)14-15(18)20-8-7-19-14)16(22)21-9-6-12-4-2-3-5-13(12)10-21/h2-5,7-8,11H,6,9-10H2,1H3,(H2,18,20)/t11-/m1/s1. The molecule has 2 heterocycles. The Morgan fingerprint density at radius 2 is 1.92 bits per heavy atom. The third kappa shape index (κ3) is 3.19. The number of nitrogens with two attached hydrogens (primary N) is 1. The average molecular weight is 326 g/mol. The molecule has 1 aliphatic heterocycles. The van der Waals surface area contributed by atoms with Gasteiger partial charge in [0.05, 0.1) is 0 Å². The number of ether oxygens (including phenoxy) is 1. The molecule has 1 aromatic carbocycles. The first-order valence-electron chi connectivity index (χ1n) is 7.69. The average Bonchev–Trinajstić information content (AvgIpc) is 2.60. The summed E-state index contributed by atoms with van der Waals surface area (Å²) in [5.74, 6) is -1.01. The number of benzene rings is 1. The summed E-state index contributed by atoms with van der Waals surface area (Å²) < 4.78 is 5.21. The van der Waals surface area contributed by atoms with Crippen molar-refractivity contribution < 1.29 is 14.3 Å². The maximum atomic E-state index is 12.5. The van der Waals surface area contributed by atoms with Crippen molar-refractivity contribution in [3.8, 4) is 0 Å². The SMILES string of the molecule is C[C@@H](OC(=O)c1nccnc1N)C(=O)N1CCc2ccccc2C1. The van der Waals surface area contributed by atoms with Crippen LogP contribution in [0.15, 0.2) is 36.7 Å². The minimum absolute atomic E-state index is 0.0194. The maximum Gasteiger partial charge on any atom is 0.361 e. The van der Waals surface area contributed by atoms with E-state index in [9.17, 15) is 9.59 Å². The van der Waals surface area contributed by atoms with Crippen LogP contribution >= 0.6 is 0 Å². The number of anilines is 1. The number of nitrogen functional groups attached to an aromatic ring is 1. The Morgan fingerprint density at radius 1 is 1.21 bits per heavy atom. The first-order valence-corrected chi connectivity index (χ1v) is 7.69. The largest absolute Gasteiger partial charge is 0.448 e. The van der Waals surface area contributed by atoms with E-state index < -0.39 is 12.1 Å². The Bertz CT molecular complexity index is 778. The van der Waals surface area contributed by atoms with Gasteiger partial charge in [-0.15, -0.1) is 0 Å². The number of carbonyl (C=O) groups excluding carboxylic acids is 2. The molecule has 0 saturated heterocycles. The van der Waals surface area contributed by atoms with Crippen molar-refractivity contribution >= 4 is 17.7 Å². The van der Waals surface area contributed by atoms with Crippen LogP contribution in [0.1, 0.15) is 28.5 Å². The molecule has 24 heavy (non-hydrogen) atoms. The molecule has 124 valence electrons. The minimum Gasteiger partial charge on any atom is -0.448 e. The molecule has 1 amide bonds. The fraction of sp³-hybridized carbons (Fsp3) is 0.294. The lowest BCUT2D eigenvalue weighted by Crippen LogP contribution is -2.42. The van der Waals surface area contributed by atoms with Crippen molar-refractivity contribution in [3.63, 3.8) is 0 Å². The van der Waals surface area contributed by atoms with Gasteiger partial charge in [0.15, 0.2) is 17.6 Å². The van der Waals surface area contributed by atoms with Gasteiger partial charge in [0.2, 0.25) is 0 Å². The van der Waals surface area contributed by atoms with Gasteiger partial charge < -0.3 is 15.4 Å². The van der Waals surface area contributed by atoms with E-state index in [4.69, 9.17) is 10.5 Å². The van der Waals surface area contributed by atoms with Gasteiger partial charge in [0, 0.05) is 25.5 Å². The summed E-state index contributed by atoms with van der Waals surface area (Å²) >= 11 is 0. The fourth-order valence-corrected chi connectivity index (χ4v) is 2.71. The molecule has 0 aliphatic carbocycles. The number of fused-ring (bicyclic) bond motifs is 1. The number of hydrogen-bond donors (Lipinski definition) is 1. The lowest BCUT2D eigenvalue weighted by Gasteiger charge is -2.30. The molecule has 0 unspecified atom stereocenters. The first kappa shape index (κ1) is 15.9. The lowest BCUT2D eigenvalue weighted by molar-refractivity contribution is -0.140. The molecule has 0 spiro atoms. The van der Waals surface area contributed by atoms with Crippen LogP contribution in [0, 0.1) is 0 Å². The Morgan fingerprint density at radius 3 is 2.67 bits per heavy atom. The van der Waals surface area contributed by atoms with Gasteiger partial charge in [-0.1, -0.05) is 24.3 Å². The summed E-state index contributed by atoms with van der Waals surface area (Å²) in [4.78, 5) is 34.0. The molecule has 1 aromatic heterocycles. The fourth-order valence-electron chi connectivity index (χ4n) is 2.71. The molecule has 2 aromatic rings. The summed E-state index contributed by atoms with van der Waals surface area (Å²) in [5, 5.41) is 0. The van der Waals surface area contributed by atoms with Crippen molar-refractivity contribution in [2.24, 2.45) is 0 Å². The highest BCUT2D eigenvalue weighted by atomic mass is 16.5. The van der Waals surface area contributed by atoms with Crippen LogP contribution in [0.2, 0.25) is 0 Å². The number of hydrogen-bond acceptors (Lipinski definition) is 6. The third-order valence-electron chi connectivity index (χ3n) is 3.99. The molecule has 0 bridgehead atoms. The second-order valence-electron chi connectivity index (χ2n) is 5.62. The number of nitrogens with zero attached hydrogens (tertiary/aromatic N) is 3. The number of rotatable bonds is 3. The van der Waals surface area contributed by atoms with Gasteiger partial charge in [-0.05, 0) is 24.5 Å². The Balaban J connectivity index is 1.65. The zero-order valence-electron chi connectivity index (χ0n) is 13.3. The minimum atomic E-state index is -0.913. The molecule has 2 N–H and O–H groups in total. The van der Waals surface area contributed by atoms with E-state index in [1.807, 2.05) is 18.2 Å². The maximum absolute atomic E-state index is 12.5. The van der Waals surface area contributed by atoms with Crippen LogP contribution in [0.5, 0.6) is 0 Å². The van der Waals surface area contributed by atoms with Crippen LogP contribution in [-0.2, 0) is 22.5 Å². The van der Waals surface area contributed by atoms with E-state index in [0.717, 1.165) is 12.0 Å². The van der Waals surface area contributed by atoms with Gasteiger partial charge in [-0.25, -0.2) is 14.8 Å². The van der Waals surface area contributed by atoms with Gasteiger partial charge in [0.1, 0.15) is 0 Å². The molecular weight excluding hydrogens is 308 g/mol. The predicted molar refractivity (Wildman–Crippen MR) is 86.9 cm³/mol. The molecular formula is C17H18N4O3. The van der Waals surface area contributed by atoms with Crippen molar-refractivity contribution in [3.05, 3.63) is 53.5 Å². The summed E-state index contributed by atoms with van der Waals surface area (Å²) in [6.45, 7) is 2.67. The zero-order chi connectivity index (χ0) is 17.1. The summed E-state index contributed by atoms with van der Waals surface area (Å²) in [5.41, 5.74) is 7.89. The van der Waals surface area contributed by atoms with E-state index in [-0.39, 0.29) is 17.4 Å². The van der Waals surface area contributed by atoms with Crippen LogP contribution < -0.4 is 5.73 Å². The quantitative estimate of drug-likeness (QED) is 0.851. The molecule has 0 radical (unpaired) electrons. The zero-order valence-corrected chi connectivity index (χ0v) is 13.3. The van der Waals surface area contributed by atoms with Crippen LogP contribution in [0.3, 0.4) is 0 Å². The van der Waals surface area contributed by atoms with Crippen molar-refractivity contribution in [2.45, 2.75) is 26.0 Å². The normalized spacial score (nSPS) is 14.6. The Labute approximate surface area is 139 Å². The first-order chi connectivity index (χ1) is 11.6. The molecule has 1 atom stereocenters. The third-order valence-corrected chi connectivity index (χ3v) is 3.99. The topological polar surface area (TPSA) is 98.4 Å². The molecule has 3 rings (SSSR count). The molecule has 0 saturated carbocycles. The summed E-state index contributed by atoms with van der Waals surface area (Å²) in [7, 11) is 0. The van der Waals surface area contributed by atoms with Crippen LogP contribution in [0.4, 0.5) is 5.82 Å². The highest BCUT2D eigenvalue weighted by Crippen LogP contribution is 2.19. The monoisotopic (exact) mass is 326 g/mol. The van der Waals surface area contributed by atoms with E-state index in [0.29, 0.717) is 13.1 Å². The lowest BCUT2D eigenvalue weighted by atomic mass is 9.99. The van der Waals surface area contributed by atoms with Crippen LogP contribution in [-0.4, -0.2) is 39.4 Å². The number of esters is 1. The predicted octanol–water partition coefficient (Wildman–Crippen LogP) is 1.19. The smallest absolute Gasteiger partial charge is 0.361 e. The van der Waals surface area contributed by atoms with Crippen LogP contribution in [0.25, 0.3) is 0 Å². The van der Waals surface area contributed by atoms with Gasteiger partial charge >= 0.3 is 5.97 Å². The molecule has 1 aliphatic rings. The second-order valence-corrected chi connectivity index (χ2v) is 5.62. The van der Waals surface area contributed by atoms with E-state index in [2.05, 4.69) is 16.0 Å². The van der Waals surface area contributed by atoms with Crippen molar-refractivity contribution in [1.82, 2.24) is 14.9 Å². The highest BCUT2D eigenvalue weighted by Gasteiger charge is 2.28. The number of carbonyl (C=O) groups is 2. The Kier molecular flexibility index (Phi) is 4.41. The van der Waals surface area contributed by atoms with Crippen molar-refractivity contribution in [1.29, 1.82) is 0 Å². The second kappa shape index (κ2) is 6.66. The highest BCUT2D eigenvalue weighted by molar-refractivity contribution is 5.94. The number of amides is 1. The van der Waals surface area contributed by atoms with E-state index in [1.54, 1.807) is 11.8 Å². The van der Waals surface area contributed by atoms with E-state index >= 15 is 0 Å². The van der Waals surface area contributed by atoms with Crippen molar-refractivity contribution in [2.75, 3.05) is 12.3 Å². The van der Waals surface area contributed by atoms with Gasteiger partial charge in [-0.2, -0.15) is 0 Å². The molecule has 7 nitrogen and oxygen atoms in total. The summed E-state index contributed by atoms with van der Waals surface area (Å²) in [6.07, 6.45) is 2.61. The van der Waals surface area contributed by atoms with Gasteiger partial charge in [0.25, 0.3) is 5.91 Å². The van der Waals surface area contributed by atoms with Gasteiger partial charge in [-0.3, -0.25) is 4.79 Å². The Hall–Kier alpha value is -2.96. The molecule has 7 heteroatoms.